The predicted molar refractivity (Wildman–Crippen MR) is 290 cm³/mol. The Bertz CT molecular complexity index is 3920. The van der Waals surface area contributed by atoms with Crippen LogP contribution in [0, 0.1) is 0 Å². The summed E-state index contributed by atoms with van der Waals surface area (Å²) in [5.74, 6) is 0. The van der Waals surface area contributed by atoms with Gasteiger partial charge in [-0.2, -0.15) is 0 Å². The number of benzene rings is 11. The predicted octanol–water partition coefficient (Wildman–Crippen LogP) is 18.2. The summed E-state index contributed by atoms with van der Waals surface area (Å²) in [6.07, 6.45) is 0. The Kier molecular flexibility index (Phi) is 9.11. The van der Waals surface area contributed by atoms with Gasteiger partial charge in [-0.15, -0.1) is 0 Å². The Morgan fingerprint density at radius 3 is 1.64 bits per heavy atom. The van der Waals surface area contributed by atoms with Crippen molar-refractivity contribution in [2.24, 2.45) is 0 Å². The van der Waals surface area contributed by atoms with Crippen LogP contribution in [-0.2, 0) is 5.41 Å². The monoisotopic (exact) mass is 892 g/mol. The fraction of sp³-hybridized carbons (Fsp3) is 0.0149. The summed E-state index contributed by atoms with van der Waals surface area (Å²) in [6, 6.07) is 97.5. The van der Waals surface area contributed by atoms with Gasteiger partial charge in [-0.3, -0.25) is 0 Å². The van der Waals surface area contributed by atoms with Gasteiger partial charge in [0.2, 0.25) is 0 Å². The molecule has 1 aromatic heterocycles. The molecule has 0 atom stereocenters. The lowest BCUT2D eigenvalue weighted by Crippen LogP contribution is -2.36. The van der Waals surface area contributed by atoms with Crippen LogP contribution in [0.4, 0.5) is 34.1 Å². The summed E-state index contributed by atoms with van der Waals surface area (Å²) in [7, 11) is 0. The lowest BCUT2D eigenvalue weighted by molar-refractivity contribution is 0.669. The maximum absolute atomic E-state index is 6.36. The number of nitrogens with zero attached hydrogens (tertiary/aromatic N) is 2. The van der Waals surface area contributed by atoms with Crippen molar-refractivity contribution in [3.63, 3.8) is 0 Å². The Hall–Kier alpha value is -9.18. The minimum atomic E-state index is -0.602. The highest BCUT2D eigenvalue weighted by molar-refractivity contribution is 6.06. The number of rotatable bonds is 7. The molecule has 0 saturated carbocycles. The molecule has 1 aliphatic heterocycles. The average Bonchev–Trinajstić information content (AvgIpc) is 3.96. The third-order valence-electron chi connectivity index (χ3n) is 14.7. The van der Waals surface area contributed by atoms with Crippen molar-refractivity contribution in [1.29, 1.82) is 0 Å². The van der Waals surface area contributed by atoms with E-state index >= 15 is 0 Å². The van der Waals surface area contributed by atoms with Gasteiger partial charge in [-0.05, 0) is 128 Å². The second-order valence-corrected chi connectivity index (χ2v) is 18.4. The van der Waals surface area contributed by atoms with Crippen molar-refractivity contribution in [2.75, 3.05) is 9.80 Å². The zero-order valence-corrected chi connectivity index (χ0v) is 38.2. The highest BCUT2D eigenvalue weighted by Gasteiger charge is 2.52. The fourth-order valence-corrected chi connectivity index (χ4v) is 11.7. The third-order valence-corrected chi connectivity index (χ3v) is 14.7. The van der Waals surface area contributed by atoms with Crippen LogP contribution < -0.4 is 9.80 Å². The van der Waals surface area contributed by atoms with Crippen LogP contribution >= 0.6 is 0 Å². The quantitative estimate of drug-likeness (QED) is 0.159. The van der Waals surface area contributed by atoms with Crippen molar-refractivity contribution in [2.45, 2.75) is 5.41 Å². The molecule has 328 valence electrons. The third kappa shape index (κ3) is 6.01. The first-order chi connectivity index (χ1) is 34.7. The van der Waals surface area contributed by atoms with E-state index in [1.165, 1.54) is 55.9 Å². The molecule has 2 aliphatic rings. The van der Waals surface area contributed by atoms with E-state index < -0.39 is 5.41 Å². The maximum atomic E-state index is 6.36. The summed E-state index contributed by atoms with van der Waals surface area (Å²) >= 11 is 0. The SMILES string of the molecule is c1ccc(-c2cccc(-c3ccccc3N(c3ccc(-c4ccc5c(c4)oc4ccccc45)cc3)c3cccc4c3-c3ccccc3C43c4ccccc4N(c4ccccc4)c4ccccc43)c2)cc1. The number of hydrogen-bond donors (Lipinski definition) is 0. The summed E-state index contributed by atoms with van der Waals surface area (Å²) < 4.78 is 6.36. The molecule has 0 radical (unpaired) electrons. The van der Waals surface area contributed by atoms with Gasteiger partial charge in [0.1, 0.15) is 11.2 Å². The van der Waals surface area contributed by atoms with E-state index in [0.29, 0.717) is 0 Å². The molecule has 70 heavy (non-hydrogen) atoms. The molecule has 0 saturated heterocycles. The zero-order valence-electron chi connectivity index (χ0n) is 38.2. The number of furan rings is 1. The van der Waals surface area contributed by atoms with E-state index in [2.05, 4.69) is 265 Å². The molecule has 0 unspecified atom stereocenters. The van der Waals surface area contributed by atoms with E-state index in [4.69, 9.17) is 4.42 Å². The van der Waals surface area contributed by atoms with Gasteiger partial charge < -0.3 is 14.2 Å². The van der Waals surface area contributed by atoms with E-state index in [9.17, 15) is 0 Å². The van der Waals surface area contributed by atoms with E-state index in [-0.39, 0.29) is 0 Å². The summed E-state index contributed by atoms with van der Waals surface area (Å²) in [6.45, 7) is 0. The van der Waals surface area contributed by atoms with Crippen LogP contribution in [0.5, 0.6) is 0 Å². The second-order valence-electron chi connectivity index (χ2n) is 18.4. The second kappa shape index (κ2) is 16.0. The molecule has 3 heteroatoms. The first-order valence-corrected chi connectivity index (χ1v) is 24.1. The van der Waals surface area contributed by atoms with Crippen LogP contribution in [0.3, 0.4) is 0 Å². The Morgan fingerprint density at radius 1 is 0.329 bits per heavy atom. The van der Waals surface area contributed by atoms with E-state index in [1.54, 1.807) is 0 Å². The number of hydrogen-bond acceptors (Lipinski definition) is 3. The van der Waals surface area contributed by atoms with Gasteiger partial charge in [-0.25, -0.2) is 0 Å². The first kappa shape index (κ1) is 39.9. The van der Waals surface area contributed by atoms with Crippen LogP contribution in [-0.4, -0.2) is 0 Å². The minimum Gasteiger partial charge on any atom is -0.456 e. The lowest BCUT2D eigenvalue weighted by Gasteiger charge is -2.45. The zero-order chi connectivity index (χ0) is 46.2. The summed E-state index contributed by atoms with van der Waals surface area (Å²) in [4.78, 5) is 4.95. The first-order valence-electron chi connectivity index (χ1n) is 24.1. The van der Waals surface area contributed by atoms with Crippen molar-refractivity contribution in [3.05, 3.63) is 289 Å². The van der Waals surface area contributed by atoms with Crippen molar-refractivity contribution >= 4 is 56.1 Å². The maximum Gasteiger partial charge on any atom is 0.136 e. The molecule has 0 N–H and O–H groups in total. The number of fused-ring (bicyclic) bond motifs is 12. The molecule has 0 amide bonds. The van der Waals surface area contributed by atoms with Gasteiger partial charge in [0.25, 0.3) is 0 Å². The average molecular weight is 893 g/mol. The van der Waals surface area contributed by atoms with Crippen LogP contribution in [0.2, 0.25) is 0 Å². The molecule has 1 aliphatic carbocycles. The van der Waals surface area contributed by atoms with Crippen molar-refractivity contribution < 1.29 is 4.42 Å². The van der Waals surface area contributed by atoms with Crippen LogP contribution in [0.15, 0.2) is 271 Å². The van der Waals surface area contributed by atoms with Gasteiger partial charge in [0.15, 0.2) is 0 Å². The molecular weight excluding hydrogens is 849 g/mol. The number of para-hydroxylation sites is 5. The molecule has 1 spiro atoms. The summed E-state index contributed by atoms with van der Waals surface area (Å²) in [5.41, 5.74) is 22.4. The largest absolute Gasteiger partial charge is 0.456 e. The van der Waals surface area contributed by atoms with E-state index in [0.717, 1.165) is 66.9 Å². The van der Waals surface area contributed by atoms with Crippen LogP contribution in [0.25, 0.3) is 66.4 Å². The minimum absolute atomic E-state index is 0.602. The highest BCUT2D eigenvalue weighted by atomic mass is 16.3. The van der Waals surface area contributed by atoms with Crippen molar-refractivity contribution in [1.82, 2.24) is 0 Å². The molecular formula is C67H44N2O. The van der Waals surface area contributed by atoms with Gasteiger partial charge in [-0.1, -0.05) is 194 Å². The smallest absolute Gasteiger partial charge is 0.136 e. The molecule has 0 bridgehead atoms. The van der Waals surface area contributed by atoms with Crippen molar-refractivity contribution in [3.8, 4) is 44.5 Å². The van der Waals surface area contributed by atoms with Crippen LogP contribution in [0.1, 0.15) is 22.3 Å². The Morgan fingerprint density at radius 2 is 0.857 bits per heavy atom. The summed E-state index contributed by atoms with van der Waals surface area (Å²) in [5, 5.41) is 2.26. The topological polar surface area (TPSA) is 19.6 Å². The lowest BCUT2D eigenvalue weighted by atomic mass is 9.64. The molecule has 0 fully saturated rings. The van der Waals surface area contributed by atoms with Gasteiger partial charge >= 0.3 is 0 Å². The Labute approximate surface area is 407 Å². The fourth-order valence-electron chi connectivity index (χ4n) is 11.7. The molecule has 11 aromatic carbocycles. The number of anilines is 6. The highest BCUT2D eigenvalue weighted by Crippen LogP contribution is 2.65. The molecule has 2 heterocycles. The standard InChI is InChI=1S/C67H44N2O/c1-3-19-45(20-4-1)47-21-17-22-49(43-47)52-25-8-13-32-60(52)68(51-40-37-46(38-41-51)48-39-42-54-53-26-9-16-36-64(53)70-65(54)44-48)63-35-18-31-59-66(63)55-27-7-10-28-56(55)67(59)57-29-11-14-33-61(57)69(50-23-5-2-6-24-50)62-34-15-12-30-58(62)67/h1-44H. The molecule has 3 nitrogen and oxygen atoms in total. The van der Waals surface area contributed by atoms with Gasteiger partial charge in [0.05, 0.1) is 28.2 Å². The van der Waals surface area contributed by atoms with Gasteiger partial charge in [0, 0.05) is 33.3 Å². The normalized spacial score (nSPS) is 12.9. The molecule has 14 rings (SSSR count). The Balaban J connectivity index is 1.00. The molecule has 12 aromatic rings. The van der Waals surface area contributed by atoms with E-state index in [1.807, 2.05) is 12.1 Å².